The number of anilines is 1. The normalized spacial score (nSPS) is 13.8. The fraction of sp³-hybridized carbons (Fsp3) is 0.133. The number of carbonyl (C=O) groups excluding carboxylic acids is 1. The number of benzene rings is 2. The molecule has 1 aliphatic heterocycles. The van der Waals surface area contributed by atoms with Crippen molar-refractivity contribution in [2.24, 2.45) is 0 Å². The summed E-state index contributed by atoms with van der Waals surface area (Å²) in [4.78, 5) is 11.3. The zero-order valence-corrected chi connectivity index (χ0v) is 10.1. The first-order valence-corrected chi connectivity index (χ1v) is 6.05. The van der Waals surface area contributed by atoms with Crippen molar-refractivity contribution in [1.29, 1.82) is 0 Å². The highest BCUT2D eigenvalue weighted by atomic mass is 19.1. The number of rotatable bonds is 1. The van der Waals surface area contributed by atoms with Gasteiger partial charge in [-0.2, -0.15) is 0 Å². The van der Waals surface area contributed by atoms with E-state index < -0.39 is 5.82 Å². The van der Waals surface area contributed by atoms with Gasteiger partial charge in [-0.3, -0.25) is 4.79 Å². The molecule has 2 aromatic rings. The molecule has 2 aromatic carbocycles. The topological polar surface area (TPSA) is 49.3 Å². The number of aryl methyl sites for hydroxylation is 1. The van der Waals surface area contributed by atoms with E-state index in [1.54, 1.807) is 24.3 Å². The lowest BCUT2D eigenvalue weighted by atomic mass is 9.96. The van der Waals surface area contributed by atoms with E-state index in [9.17, 15) is 14.3 Å². The number of fused-ring (bicyclic) bond motifs is 1. The van der Waals surface area contributed by atoms with Gasteiger partial charge in [-0.15, -0.1) is 0 Å². The molecule has 0 fully saturated rings. The first-order valence-electron chi connectivity index (χ1n) is 6.05. The fourth-order valence-electron chi connectivity index (χ4n) is 2.30. The van der Waals surface area contributed by atoms with Crippen molar-refractivity contribution >= 4 is 11.6 Å². The van der Waals surface area contributed by atoms with Gasteiger partial charge in [0.05, 0.1) is 0 Å². The van der Waals surface area contributed by atoms with Gasteiger partial charge in [-0.25, -0.2) is 4.39 Å². The minimum Gasteiger partial charge on any atom is -0.508 e. The predicted octanol–water partition coefficient (Wildman–Crippen LogP) is 3.08. The summed E-state index contributed by atoms with van der Waals surface area (Å²) in [6.07, 6.45) is 1.02. The fourth-order valence-corrected chi connectivity index (χ4v) is 2.30. The lowest BCUT2D eigenvalue weighted by Crippen LogP contribution is -2.19. The number of hydrogen-bond donors (Lipinski definition) is 2. The Bertz CT molecular complexity index is 667. The Balaban J connectivity index is 2.11. The molecule has 19 heavy (non-hydrogen) atoms. The minimum atomic E-state index is -0.411. The van der Waals surface area contributed by atoms with E-state index in [0.29, 0.717) is 29.7 Å². The third-order valence-electron chi connectivity index (χ3n) is 3.25. The second kappa shape index (κ2) is 4.39. The van der Waals surface area contributed by atoms with E-state index in [1.807, 2.05) is 0 Å². The number of aromatic hydroxyl groups is 1. The molecule has 3 nitrogen and oxygen atoms in total. The van der Waals surface area contributed by atoms with Crippen LogP contribution in [-0.4, -0.2) is 11.0 Å². The Labute approximate surface area is 109 Å². The van der Waals surface area contributed by atoms with Gasteiger partial charge in [0.15, 0.2) is 0 Å². The molecule has 0 spiro atoms. The van der Waals surface area contributed by atoms with Crippen LogP contribution in [0.2, 0.25) is 0 Å². The van der Waals surface area contributed by atoms with E-state index in [4.69, 9.17) is 0 Å². The van der Waals surface area contributed by atoms with Gasteiger partial charge < -0.3 is 10.4 Å². The standard InChI is InChI=1S/C15H12FNO2/c16-13-8-14-10(4-5-15(19)17-14)7-12(13)9-2-1-3-11(18)6-9/h1-3,6-8,18H,4-5H2,(H,17,19). The van der Waals surface area contributed by atoms with E-state index in [-0.39, 0.29) is 11.7 Å². The molecule has 3 rings (SSSR count). The van der Waals surface area contributed by atoms with Crippen molar-refractivity contribution in [1.82, 2.24) is 0 Å². The number of phenolic OH excluding ortho intramolecular Hbond substituents is 1. The average molecular weight is 257 g/mol. The molecule has 96 valence electrons. The summed E-state index contributed by atoms with van der Waals surface area (Å²) in [5.41, 5.74) is 2.51. The Morgan fingerprint density at radius 3 is 2.79 bits per heavy atom. The van der Waals surface area contributed by atoms with Crippen molar-refractivity contribution in [2.45, 2.75) is 12.8 Å². The number of amides is 1. The smallest absolute Gasteiger partial charge is 0.224 e. The number of phenols is 1. The number of halogens is 1. The maximum Gasteiger partial charge on any atom is 0.224 e. The van der Waals surface area contributed by atoms with Crippen LogP contribution in [0.4, 0.5) is 10.1 Å². The monoisotopic (exact) mass is 257 g/mol. The molecular formula is C15H12FNO2. The molecular weight excluding hydrogens is 245 g/mol. The van der Waals surface area contributed by atoms with Gasteiger partial charge in [0.2, 0.25) is 5.91 Å². The zero-order valence-electron chi connectivity index (χ0n) is 10.1. The van der Waals surface area contributed by atoms with E-state index in [2.05, 4.69) is 5.32 Å². The predicted molar refractivity (Wildman–Crippen MR) is 70.5 cm³/mol. The first-order chi connectivity index (χ1) is 9.13. The summed E-state index contributed by atoms with van der Waals surface area (Å²) >= 11 is 0. The van der Waals surface area contributed by atoms with Crippen LogP contribution >= 0.6 is 0 Å². The van der Waals surface area contributed by atoms with Gasteiger partial charge in [-0.05, 0) is 41.8 Å². The van der Waals surface area contributed by atoms with Crippen LogP contribution in [0.1, 0.15) is 12.0 Å². The van der Waals surface area contributed by atoms with Crippen LogP contribution in [0.5, 0.6) is 5.75 Å². The van der Waals surface area contributed by atoms with Gasteiger partial charge in [0.25, 0.3) is 0 Å². The summed E-state index contributed by atoms with van der Waals surface area (Å²) in [5, 5.41) is 12.1. The summed E-state index contributed by atoms with van der Waals surface area (Å²) in [7, 11) is 0. The van der Waals surface area contributed by atoms with Crippen molar-refractivity contribution in [3.05, 3.63) is 47.8 Å². The molecule has 1 aliphatic rings. The van der Waals surface area contributed by atoms with Gasteiger partial charge in [0.1, 0.15) is 11.6 Å². The number of nitrogens with one attached hydrogen (secondary N) is 1. The summed E-state index contributed by atoms with van der Waals surface area (Å²) < 4.78 is 14.1. The molecule has 0 bridgehead atoms. The zero-order chi connectivity index (χ0) is 13.4. The highest BCUT2D eigenvalue weighted by Gasteiger charge is 2.18. The van der Waals surface area contributed by atoms with Gasteiger partial charge in [0, 0.05) is 17.7 Å². The van der Waals surface area contributed by atoms with Gasteiger partial charge >= 0.3 is 0 Å². The molecule has 0 saturated heterocycles. The second-order valence-electron chi connectivity index (χ2n) is 4.59. The molecule has 2 N–H and O–H groups in total. The molecule has 1 amide bonds. The maximum atomic E-state index is 14.1. The van der Waals surface area contributed by atoms with Crippen molar-refractivity contribution in [3.63, 3.8) is 0 Å². The van der Waals surface area contributed by atoms with Crippen molar-refractivity contribution in [3.8, 4) is 16.9 Å². The van der Waals surface area contributed by atoms with Crippen molar-refractivity contribution in [2.75, 3.05) is 5.32 Å². The Kier molecular flexibility index (Phi) is 2.71. The largest absolute Gasteiger partial charge is 0.508 e. The Morgan fingerprint density at radius 1 is 1.16 bits per heavy atom. The van der Waals surface area contributed by atoms with E-state index >= 15 is 0 Å². The van der Waals surface area contributed by atoms with E-state index in [0.717, 1.165) is 5.56 Å². The molecule has 0 unspecified atom stereocenters. The lowest BCUT2D eigenvalue weighted by Gasteiger charge is -2.18. The minimum absolute atomic E-state index is 0.0861. The van der Waals surface area contributed by atoms with Crippen LogP contribution in [0.15, 0.2) is 36.4 Å². The summed E-state index contributed by atoms with van der Waals surface area (Å²) in [5.74, 6) is -0.397. The maximum absolute atomic E-state index is 14.1. The SMILES string of the molecule is O=C1CCc2cc(-c3cccc(O)c3)c(F)cc2N1. The first kappa shape index (κ1) is 11.7. The number of hydrogen-bond acceptors (Lipinski definition) is 2. The third-order valence-corrected chi connectivity index (χ3v) is 3.25. The van der Waals surface area contributed by atoms with Crippen LogP contribution < -0.4 is 5.32 Å². The molecule has 0 radical (unpaired) electrons. The lowest BCUT2D eigenvalue weighted by molar-refractivity contribution is -0.116. The van der Waals surface area contributed by atoms with E-state index in [1.165, 1.54) is 12.1 Å². The quantitative estimate of drug-likeness (QED) is 0.824. The summed E-state index contributed by atoms with van der Waals surface area (Å²) in [6.45, 7) is 0. The molecule has 0 atom stereocenters. The molecule has 1 heterocycles. The van der Waals surface area contributed by atoms with Crippen LogP contribution in [0, 0.1) is 5.82 Å². The van der Waals surface area contributed by atoms with Gasteiger partial charge in [-0.1, -0.05) is 12.1 Å². The highest BCUT2D eigenvalue weighted by molar-refractivity contribution is 5.94. The van der Waals surface area contributed by atoms with Crippen LogP contribution in [0.3, 0.4) is 0 Å². The molecule has 0 saturated carbocycles. The highest BCUT2D eigenvalue weighted by Crippen LogP contribution is 2.32. The number of carbonyl (C=O) groups is 1. The van der Waals surface area contributed by atoms with Crippen molar-refractivity contribution < 1.29 is 14.3 Å². The van der Waals surface area contributed by atoms with Crippen LogP contribution in [0.25, 0.3) is 11.1 Å². The third kappa shape index (κ3) is 2.17. The molecule has 0 aromatic heterocycles. The average Bonchev–Trinajstić information content (AvgIpc) is 2.37. The Hall–Kier alpha value is -2.36. The Morgan fingerprint density at radius 2 is 2.00 bits per heavy atom. The molecule has 4 heteroatoms. The second-order valence-corrected chi connectivity index (χ2v) is 4.59. The molecule has 0 aliphatic carbocycles. The van der Waals surface area contributed by atoms with Crippen LogP contribution in [-0.2, 0) is 11.2 Å². The summed E-state index contributed by atoms with van der Waals surface area (Å²) in [6, 6.07) is 9.55.